The predicted octanol–water partition coefficient (Wildman–Crippen LogP) is 3.08. The van der Waals surface area contributed by atoms with Crippen molar-refractivity contribution in [2.45, 2.75) is 46.2 Å². The summed E-state index contributed by atoms with van der Waals surface area (Å²) >= 11 is 0. The van der Waals surface area contributed by atoms with Gasteiger partial charge < -0.3 is 9.88 Å². The Kier molecular flexibility index (Phi) is 5.21. The normalized spacial score (nSPS) is 12.3. The van der Waals surface area contributed by atoms with E-state index in [1.165, 1.54) is 4.68 Å². The zero-order valence-electron chi connectivity index (χ0n) is 15.4. The summed E-state index contributed by atoms with van der Waals surface area (Å²) < 4.78 is 3.26. The number of benzene rings is 1. The lowest BCUT2D eigenvalue weighted by Crippen LogP contribution is -2.32. The van der Waals surface area contributed by atoms with Gasteiger partial charge >= 0.3 is 0 Å². The predicted molar refractivity (Wildman–Crippen MR) is 102 cm³/mol. The number of carbonyl (C=O) groups is 1. The van der Waals surface area contributed by atoms with E-state index in [1.54, 1.807) is 12.4 Å². The number of nitrogens with zero attached hydrogens (tertiary/aromatic N) is 3. The second-order valence-electron chi connectivity index (χ2n) is 6.51. The maximum atomic E-state index is 12.9. The number of rotatable bonds is 6. The minimum atomic E-state index is -0.214. The van der Waals surface area contributed by atoms with Crippen LogP contribution >= 0.6 is 0 Å². The summed E-state index contributed by atoms with van der Waals surface area (Å²) in [4.78, 5) is 25.7. The van der Waals surface area contributed by atoms with Crippen molar-refractivity contribution in [1.82, 2.24) is 19.7 Å². The van der Waals surface area contributed by atoms with Gasteiger partial charge in [-0.25, -0.2) is 0 Å². The van der Waals surface area contributed by atoms with Gasteiger partial charge in [0, 0.05) is 25.0 Å². The molecule has 0 fully saturated rings. The van der Waals surface area contributed by atoms with Crippen molar-refractivity contribution < 1.29 is 4.79 Å². The summed E-state index contributed by atoms with van der Waals surface area (Å²) in [7, 11) is 0. The van der Waals surface area contributed by atoms with Crippen LogP contribution in [-0.2, 0) is 6.54 Å². The lowest BCUT2D eigenvalue weighted by Gasteiger charge is -2.15. The van der Waals surface area contributed by atoms with E-state index in [9.17, 15) is 9.59 Å². The zero-order chi connectivity index (χ0) is 18.7. The molecule has 2 aliphatic rings. The molecule has 1 atom stereocenters. The maximum Gasteiger partial charge on any atom is 0.282 e. The Morgan fingerprint density at radius 2 is 1.92 bits per heavy atom. The van der Waals surface area contributed by atoms with Crippen molar-refractivity contribution in [2.24, 2.45) is 0 Å². The molecule has 1 aromatic rings. The van der Waals surface area contributed by atoms with Crippen LogP contribution in [0, 0.1) is 0 Å². The molecule has 1 N–H and O–H groups in total. The summed E-state index contributed by atoms with van der Waals surface area (Å²) in [5.74, 6) is -0.201. The van der Waals surface area contributed by atoms with E-state index in [1.807, 2.05) is 48.7 Å². The summed E-state index contributed by atoms with van der Waals surface area (Å²) in [5, 5.41) is 7.44. The number of carbonyl (C=O) groups excluding carboxylic acids is 1. The summed E-state index contributed by atoms with van der Waals surface area (Å²) in [6.45, 7) is 6.76. The molecule has 6 heteroatoms. The Hall–Kier alpha value is -2.89. The summed E-state index contributed by atoms with van der Waals surface area (Å²) in [5.41, 5.74) is 1.80. The molecule has 2 heterocycles. The molecule has 1 amide bonds. The smallest absolute Gasteiger partial charge is 0.282 e. The highest BCUT2D eigenvalue weighted by molar-refractivity contribution is 6.00. The van der Waals surface area contributed by atoms with Gasteiger partial charge in [0.05, 0.1) is 16.8 Å². The van der Waals surface area contributed by atoms with Crippen LogP contribution < -0.4 is 10.9 Å². The van der Waals surface area contributed by atoms with Gasteiger partial charge in [-0.1, -0.05) is 32.0 Å². The van der Waals surface area contributed by atoms with Crippen molar-refractivity contribution in [3.05, 3.63) is 58.6 Å². The molecule has 0 saturated heterocycles. The van der Waals surface area contributed by atoms with Gasteiger partial charge in [0.25, 0.3) is 11.5 Å². The van der Waals surface area contributed by atoms with E-state index >= 15 is 0 Å². The number of hydrogen-bond acceptors (Lipinski definition) is 3. The van der Waals surface area contributed by atoms with Crippen LogP contribution in [0.4, 0.5) is 0 Å². The number of hydrogen-bond donors (Lipinski definition) is 1. The number of aromatic nitrogens is 3. The van der Waals surface area contributed by atoms with E-state index in [4.69, 9.17) is 0 Å². The van der Waals surface area contributed by atoms with Gasteiger partial charge in [0.15, 0.2) is 0 Å². The van der Waals surface area contributed by atoms with Gasteiger partial charge in [0.1, 0.15) is 5.69 Å². The van der Waals surface area contributed by atoms with Crippen LogP contribution in [0.5, 0.6) is 0 Å². The molecule has 6 nitrogen and oxygen atoms in total. The largest absolute Gasteiger partial charge is 0.353 e. The third-order valence-electron chi connectivity index (χ3n) is 4.44. The number of nitrogens with one attached hydrogen (secondary N) is 1. The van der Waals surface area contributed by atoms with E-state index in [-0.39, 0.29) is 17.5 Å². The summed E-state index contributed by atoms with van der Waals surface area (Å²) in [6, 6.07) is 9.31. The maximum absolute atomic E-state index is 12.9. The summed E-state index contributed by atoms with van der Waals surface area (Å²) in [6.07, 6.45) is 5.31. The standard InChI is InChI=1S/C20H24N4O2/c1-4-11-23-12-16(19(25)21-14(3)5-2)18-17(13-23)20(26)24(22-18)15-9-7-6-8-10-15/h6-10,12-14H,4-5,11H2,1-3H3,(H,21,25)/t14-/m1/s1. The minimum absolute atomic E-state index is 0.0558. The molecule has 2 aliphatic heterocycles. The Balaban J connectivity index is 2.17. The highest BCUT2D eigenvalue weighted by Crippen LogP contribution is 2.22. The van der Waals surface area contributed by atoms with Crippen LogP contribution in [0.1, 0.15) is 44.0 Å². The first-order valence-corrected chi connectivity index (χ1v) is 9.04. The van der Waals surface area contributed by atoms with Crippen molar-refractivity contribution in [2.75, 3.05) is 0 Å². The first-order valence-electron chi connectivity index (χ1n) is 9.04. The van der Waals surface area contributed by atoms with Crippen molar-refractivity contribution in [3.8, 4) is 16.9 Å². The number of fused-ring (bicyclic) bond motifs is 1. The number of para-hydroxylation sites is 1. The lowest BCUT2D eigenvalue weighted by atomic mass is 10.1. The highest BCUT2D eigenvalue weighted by atomic mass is 16.2. The molecule has 0 bridgehead atoms. The van der Waals surface area contributed by atoms with Gasteiger partial charge in [-0.15, -0.1) is 0 Å². The third kappa shape index (κ3) is 3.40. The first kappa shape index (κ1) is 17.9. The average molecular weight is 352 g/mol. The minimum Gasteiger partial charge on any atom is -0.353 e. The average Bonchev–Trinajstić information content (AvgIpc) is 2.99. The molecule has 3 rings (SSSR count). The van der Waals surface area contributed by atoms with E-state index in [0.717, 1.165) is 19.4 Å². The van der Waals surface area contributed by atoms with Gasteiger partial charge in [-0.05, 0) is 31.9 Å². The number of aryl methyl sites for hydroxylation is 1. The topological polar surface area (TPSA) is 68.9 Å². The van der Waals surface area contributed by atoms with E-state index in [2.05, 4.69) is 17.3 Å². The first-order chi connectivity index (χ1) is 12.5. The van der Waals surface area contributed by atoms with E-state index in [0.29, 0.717) is 22.5 Å². The second kappa shape index (κ2) is 7.56. The fourth-order valence-electron chi connectivity index (χ4n) is 2.86. The van der Waals surface area contributed by atoms with Crippen molar-refractivity contribution in [3.63, 3.8) is 0 Å². The van der Waals surface area contributed by atoms with Crippen LogP contribution in [-0.4, -0.2) is 26.3 Å². The number of pyridine rings is 1. The molecule has 0 radical (unpaired) electrons. The molecule has 1 aromatic carbocycles. The Bertz CT molecular complexity index is 927. The molecule has 0 aliphatic carbocycles. The Morgan fingerprint density at radius 1 is 1.19 bits per heavy atom. The monoisotopic (exact) mass is 352 g/mol. The molecular weight excluding hydrogens is 328 g/mol. The molecule has 0 spiro atoms. The molecule has 0 unspecified atom stereocenters. The Labute approximate surface area is 152 Å². The zero-order valence-corrected chi connectivity index (χ0v) is 15.4. The molecule has 136 valence electrons. The quantitative estimate of drug-likeness (QED) is 0.741. The fourth-order valence-corrected chi connectivity index (χ4v) is 2.86. The Morgan fingerprint density at radius 3 is 2.58 bits per heavy atom. The molecule has 26 heavy (non-hydrogen) atoms. The third-order valence-corrected chi connectivity index (χ3v) is 4.44. The molecule has 0 aromatic heterocycles. The van der Waals surface area contributed by atoms with Crippen molar-refractivity contribution in [1.29, 1.82) is 0 Å². The van der Waals surface area contributed by atoms with Gasteiger partial charge in [-0.2, -0.15) is 9.78 Å². The van der Waals surface area contributed by atoms with Gasteiger partial charge in [0.2, 0.25) is 0 Å². The fraction of sp³-hybridized carbons (Fsp3) is 0.350. The number of amides is 1. The highest BCUT2D eigenvalue weighted by Gasteiger charge is 2.24. The van der Waals surface area contributed by atoms with Crippen LogP contribution in [0.3, 0.4) is 0 Å². The van der Waals surface area contributed by atoms with Crippen molar-refractivity contribution >= 4 is 5.91 Å². The SMILES string of the molecule is CCCn1cc(C(=O)N[C@H](C)CC)c2nn(-c3ccccc3)c(=O)c-2c1. The lowest BCUT2D eigenvalue weighted by molar-refractivity contribution is 0.0939. The van der Waals surface area contributed by atoms with Crippen LogP contribution in [0.2, 0.25) is 0 Å². The van der Waals surface area contributed by atoms with Gasteiger partial charge in [-0.3, -0.25) is 9.59 Å². The molecule has 0 saturated carbocycles. The van der Waals surface area contributed by atoms with Crippen LogP contribution in [0.15, 0.2) is 47.5 Å². The van der Waals surface area contributed by atoms with E-state index < -0.39 is 0 Å². The van der Waals surface area contributed by atoms with Crippen LogP contribution in [0.25, 0.3) is 16.9 Å². The molecular formula is C20H24N4O2. The second-order valence-corrected chi connectivity index (χ2v) is 6.51.